The van der Waals surface area contributed by atoms with Crippen LogP contribution in [0.5, 0.6) is 0 Å². The lowest BCUT2D eigenvalue weighted by Gasteiger charge is -2.41. The second kappa shape index (κ2) is 10.9. The number of thioether (sulfide) groups is 1. The molecule has 3 rings (SSSR count). The van der Waals surface area contributed by atoms with Crippen molar-refractivity contribution in [3.8, 4) is 0 Å². The number of carbonyl (C=O) groups excluding carboxylic acids is 4. The number of hydrogen-bond acceptors (Lipinski definition) is 6. The van der Waals surface area contributed by atoms with Crippen molar-refractivity contribution in [1.82, 2.24) is 5.32 Å². The molecule has 3 amide bonds. The molecule has 0 saturated heterocycles. The van der Waals surface area contributed by atoms with E-state index in [4.69, 9.17) is 16.3 Å². The maximum absolute atomic E-state index is 13.1. The van der Waals surface area contributed by atoms with Gasteiger partial charge >= 0.3 is 5.97 Å². The number of amides is 3. The molecular weight excluding hydrogens is 478 g/mol. The van der Waals surface area contributed by atoms with E-state index in [9.17, 15) is 19.2 Å². The topological polar surface area (TPSA) is 105 Å². The van der Waals surface area contributed by atoms with E-state index in [1.165, 1.54) is 16.7 Å². The summed E-state index contributed by atoms with van der Waals surface area (Å²) in [5, 5.41) is 5.69. The first-order valence-corrected chi connectivity index (χ1v) is 12.4. The lowest BCUT2D eigenvalue weighted by molar-refractivity contribution is -0.150. The second-order valence-corrected chi connectivity index (χ2v) is 9.55. The molecule has 8 nitrogen and oxygen atoms in total. The van der Waals surface area contributed by atoms with E-state index in [-0.39, 0.29) is 16.5 Å². The van der Waals surface area contributed by atoms with Crippen molar-refractivity contribution in [3.63, 3.8) is 0 Å². The van der Waals surface area contributed by atoms with Gasteiger partial charge in [0, 0.05) is 0 Å². The zero-order valence-corrected chi connectivity index (χ0v) is 20.7. The van der Waals surface area contributed by atoms with Gasteiger partial charge in [-0.15, -0.1) is 0 Å². The largest absolute Gasteiger partial charge is 0.454 e. The third-order valence-corrected chi connectivity index (χ3v) is 6.39. The normalized spacial score (nSPS) is 15.1. The Morgan fingerprint density at radius 2 is 1.82 bits per heavy atom. The Labute approximate surface area is 207 Å². The Balaban J connectivity index is 1.72. The fourth-order valence-corrected chi connectivity index (χ4v) is 4.26. The molecule has 1 unspecified atom stereocenters. The molecule has 180 valence electrons. The predicted molar refractivity (Wildman–Crippen MR) is 133 cm³/mol. The highest BCUT2D eigenvalue weighted by atomic mass is 35.5. The lowest BCUT2D eigenvalue weighted by atomic mass is 9.96. The molecule has 10 heteroatoms. The average molecular weight is 504 g/mol. The number of nitrogens with one attached hydrogen (secondary N) is 2. The van der Waals surface area contributed by atoms with Crippen molar-refractivity contribution >= 4 is 58.4 Å². The third kappa shape index (κ3) is 5.53. The molecule has 0 radical (unpaired) electrons. The molecule has 0 saturated carbocycles. The van der Waals surface area contributed by atoms with Crippen LogP contribution in [-0.2, 0) is 19.1 Å². The van der Waals surface area contributed by atoms with E-state index in [1.807, 2.05) is 6.26 Å². The van der Waals surface area contributed by atoms with Crippen molar-refractivity contribution in [2.75, 3.05) is 28.8 Å². The van der Waals surface area contributed by atoms with Gasteiger partial charge in [-0.2, -0.15) is 11.8 Å². The van der Waals surface area contributed by atoms with Crippen molar-refractivity contribution in [1.29, 1.82) is 0 Å². The molecule has 0 spiro atoms. The van der Waals surface area contributed by atoms with Crippen LogP contribution in [0.25, 0.3) is 0 Å². The molecule has 2 aromatic carbocycles. The fourth-order valence-electron chi connectivity index (χ4n) is 3.56. The summed E-state index contributed by atoms with van der Waals surface area (Å²) in [6.07, 6.45) is 2.19. The number of esters is 1. The summed E-state index contributed by atoms with van der Waals surface area (Å²) >= 11 is 7.60. The number of nitrogens with zero attached hydrogens (tertiary/aromatic N) is 1. The first-order chi connectivity index (χ1) is 16.2. The number of carbonyl (C=O) groups is 4. The zero-order chi connectivity index (χ0) is 24.9. The van der Waals surface area contributed by atoms with Gasteiger partial charge in [-0.25, -0.2) is 4.79 Å². The molecule has 2 N–H and O–H groups in total. The van der Waals surface area contributed by atoms with Crippen LogP contribution in [0.1, 0.15) is 30.6 Å². The zero-order valence-electron chi connectivity index (χ0n) is 19.1. The summed E-state index contributed by atoms with van der Waals surface area (Å²) < 4.78 is 5.31. The van der Waals surface area contributed by atoms with E-state index < -0.39 is 36.0 Å². The summed E-state index contributed by atoms with van der Waals surface area (Å²) in [5.74, 6) is -1.57. The highest BCUT2D eigenvalue weighted by molar-refractivity contribution is 7.98. The number of ether oxygens (including phenoxy) is 1. The summed E-state index contributed by atoms with van der Waals surface area (Å²) in [5.41, 5.74) is 0.0595. The minimum Gasteiger partial charge on any atom is -0.454 e. The molecule has 1 heterocycles. The molecular formula is C24H26ClN3O5S. The first-order valence-electron chi connectivity index (χ1n) is 10.6. The van der Waals surface area contributed by atoms with Gasteiger partial charge in [-0.1, -0.05) is 35.9 Å². The van der Waals surface area contributed by atoms with Crippen LogP contribution < -0.4 is 15.5 Å². The number of rotatable bonds is 8. The Morgan fingerprint density at radius 1 is 1.15 bits per heavy atom. The van der Waals surface area contributed by atoms with Gasteiger partial charge < -0.3 is 15.4 Å². The van der Waals surface area contributed by atoms with Crippen molar-refractivity contribution < 1.29 is 23.9 Å². The van der Waals surface area contributed by atoms with Gasteiger partial charge in [0.1, 0.15) is 11.6 Å². The molecule has 0 bridgehead atoms. The van der Waals surface area contributed by atoms with Gasteiger partial charge in [0.25, 0.3) is 11.8 Å². The molecule has 1 aliphatic heterocycles. The summed E-state index contributed by atoms with van der Waals surface area (Å²) in [7, 11) is 0. The molecule has 0 fully saturated rings. The van der Waals surface area contributed by atoms with Crippen LogP contribution in [-0.4, -0.2) is 53.9 Å². The predicted octanol–water partition coefficient (Wildman–Crippen LogP) is 3.50. The highest BCUT2D eigenvalue weighted by Gasteiger charge is 2.43. The molecule has 0 aromatic heterocycles. The highest BCUT2D eigenvalue weighted by Crippen LogP contribution is 2.36. The van der Waals surface area contributed by atoms with E-state index >= 15 is 0 Å². The average Bonchev–Trinajstić information content (AvgIpc) is 2.80. The molecule has 1 aliphatic rings. The Hall–Kier alpha value is -3.04. The van der Waals surface area contributed by atoms with E-state index in [0.29, 0.717) is 23.5 Å². The van der Waals surface area contributed by atoms with Gasteiger partial charge in [-0.05, 0) is 56.5 Å². The Morgan fingerprint density at radius 3 is 2.53 bits per heavy atom. The minimum atomic E-state index is -1.19. The number of para-hydroxylation sites is 2. The number of fused-ring (bicyclic) bond motifs is 1. The van der Waals surface area contributed by atoms with Gasteiger partial charge in [0.2, 0.25) is 5.91 Å². The van der Waals surface area contributed by atoms with Crippen molar-refractivity contribution in [2.45, 2.75) is 31.8 Å². The molecule has 2 aromatic rings. The maximum atomic E-state index is 13.1. The number of anilines is 2. The number of halogens is 1. The number of benzene rings is 2. The van der Waals surface area contributed by atoms with Gasteiger partial charge in [0.05, 0.1) is 22.0 Å². The van der Waals surface area contributed by atoms with E-state index in [1.54, 1.807) is 62.4 Å². The SMILES string of the molecule is CSCCC(NC(=O)c1ccccc1Cl)C(=O)OCC(=O)N1c2ccccc2NC(=O)C1(C)C. The molecule has 1 atom stereocenters. The van der Waals surface area contributed by atoms with Crippen LogP contribution in [0.2, 0.25) is 5.02 Å². The first kappa shape index (κ1) is 25.6. The summed E-state index contributed by atoms with van der Waals surface area (Å²) in [4.78, 5) is 52.5. The lowest BCUT2D eigenvalue weighted by Crippen LogP contribution is -2.59. The van der Waals surface area contributed by atoms with Crippen molar-refractivity contribution in [2.24, 2.45) is 0 Å². The van der Waals surface area contributed by atoms with Crippen LogP contribution in [0.4, 0.5) is 11.4 Å². The smallest absolute Gasteiger partial charge is 0.329 e. The Bertz CT molecular complexity index is 1110. The third-order valence-electron chi connectivity index (χ3n) is 5.41. The van der Waals surface area contributed by atoms with Gasteiger partial charge in [-0.3, -0.25) is 19.3 Å². The molecule has 34 heavy (non-hydrogen) atoms. The van der Waals surface area contributed by atoms with Crippen LogP contribution >= 0.6 is 23.4 Å². The van der Waals surface area contributed by atoms with Gasteiger partial charge in [0.15, 0.2) is 6.61 Å². The van der Waals surface area contributed by atoms with Crippen LogP contribution in [0, 0.1) is 0 Å². The fraction of sp³-hybridized carbons (Fsp3) is 0.333. The minimum absolute atomic E-state index is 0.236. The maximum Gasteiger partial charge on any atom is 0.329 e. The van der Waals surface area contributed by atoms with Crippen LogP contribution in [0.15, 0.2) is 48.5 Å². The standard InChI is InChI=1S/C24H26ClN3O5S/c1-24(2)23(32)27-17-10-6-7-11-19(17)28(24)20(29)14-33-22(31)18(12-13-34-3)26-21(30)15-8-4-5-9-16(15)25/h4-11,18H,12-14H2,1-3H3,(H,26,30)(H,27,32). The number of hydrogen-bond donors (Lipinski definition) is 2. The van der Waals surface area contributed by atoms with E-state index in [2.05, 4.69) is 10.6 Å². The van der Waals surface area contributed by atoms with Crippen LogP contribution in [0.3, 0.4) is 0 Å². The van der Waals surface area contributed by atoms with E-state index in [0.717, 1.165) is 0 Å². The summed E-state index contributed by atoms with van der Waals surface area (Å²) in [6, 6.07) is 12.4. The second-order valence-electron chi connectivity index (χ2n) is 8.15. The molecule has 0 aliphatic carbocycles. The Kier molecular flexibility index (Phi) is 8.22. The van der Waals surface area contributed by atoms with Crippen molar-refractivity contribution in [3.05, 3.63) is 59.1 Å². The quantitative estimate of drug-likeness (QED) is 0.534. The summed E-state index contributed by atoms with van der Waals surface area (Å²) in [6.45, 7) is 2.65. The monoisotopic (exact) mass is 503 g/mol.